The molecule has 14 heavy (non-hydrogen) atoms. The highest BCUT2D eigenvalue weighted by atomic mass is 16.3. The van der Waals surface area contributed by atoms with Crippen molar-refractivity contribution in [2.45, 2.75) is 45.6 Å². The van der Waals surface area contributed by atoms with Gasteiger partial charge in [0.15, 0.2) is 0 Å². The van der Waals surface area contributed by atoms with Gasteiger partial charge in [0.1, 0.15) is 0 Å². The van der Waals surface area contributed by atoms with Crippen LogP contribution in [-0.2, 0) is 4.79 Å². The van der Waals surface area contributed by atoms with Crippen LogP contribution in [0.15, 0.2) is 0 Å². The molecule has 0 aliphatic carbocycles. The first kappa shape index (κ1) is 11.5. The van der Waals surface area contributed by atoms with Crippen molar-refractivity contribution in [1.82, 2.24) is 4.90 Å². The second-order valence-corrected chi connectivity index (χ2v) is 4.27. The number of piperidine rings is 1. The number of nitrogens with zero attached hydrogens (tertiary/aromatic N) is 1. The maximum absolute atomic E-state index is 11.8. The molecule has 0 saturated carbocycles. The number of aliphatic hydroxyl groups is 1. The number of likely N-dealkylation sites (tertiary alicyclic amines) is 1. The lowest BCUT2D eigenvalue weighted by atomic mass is 10.0. The molecule has 0 aromatic carbocycles. The molecule has 3 heteroatoms. The number of carbonyl (C=O) groups excluding carboxylic acids is 1. The Morgan fingerprint density at radius 1 is 1.64 bits per heavy atom. The monoisotopic (exact) mass is 199 g/mol. The standard InChI is InChI=1S/C11H21NO2/c1-3-5-9(2)11(14)12-7-4-6-10(13)8-12/h9-10,13H,3-8H2,1-2H3. The smallest absolute Gasteiger partial charge is 0.225 e. The minimum atomic E-state index is -0.304. The number of carbonyl (C=O) groups is 1. The van der Waals surface area contributed by atoms with Gasteiger partial charge in [0.05, 0.1) is 6.10 Å². The van der Waals surface area contributed by atoms with Crippen LogP contribution in [0.1, 0.15) is 39.5 Å². The summed E-state index contributed by atoms with van der Waals surface area (Å²) < 4.78 is 0. The Kier molecular flexibility index (Phi) is 4.39. The van der Waals surface area contributed by atoms with E-state index in [1.807, 2.05) is 11.8 Å². The predicted octanol–water partition coefficient (Wildman–Crippen LogP) is 1.41. The molecular formula is C11H21NO2. The first-order valence-corrected chi connectivity index (χ1v) is 5.62. The molecule has 0 aromatic rings. The lowest BCUT2D eigenvalue weighted by Crippen LogP contribution is -2.44. The van der Waals surface area contributed by atoms with E-state index in [1.165, 1.54) is 0 Å². The lowest BCUT2D eigenvalue weighted by Gasteiger charge is -2.32. The Balaban J connectivity index is 2.42. The molecule has 1 saturated heterocycles. The van der Waals surface area contributed by atoms with Crippen molar-refractivity contribution in [1.29, 1.82) is 0 Å². The van der Waals surface area contributed by atoms with Gasteiger partial charge < -0.3 is 10.0 Å². The maximum atomic E-state index is 11.8. The normalized spacial score (nSPS) is 24.8. The number of amides is 1. The molecule has 82 valence electrons. The van der Waals surface area contributed by atoms with Crippen LogP contribution in [0.25, 0.3) is 0 Å². The van der Waals surface area contributed by atoms with Crippen LogP contribution >= 0.6 is 0 Å². The van der Waals surface area contributed by atoms with Crippen LogP contribution in [0.2, 0.25) is 0 Å². The molecule has 1 N–H and O–H groups in total. The largest absolute Gasteiger partial charge is 0.391 e. The summed E-state index contributed by atoms with van der Waals surface area (Å²) in [7, 11) is 0. The second-order valence-electron chi connectivity index (χ2n) is 4.27. The van der Waals surface area contributed by atoms with Crippen molar-refractivity contribution < 1.29 is 9.90 Å². The Hall–Kier alpha value is -0.570. The summed E-state index contributed by atoms with van der Waals surface area (Å²) in [6.45, 7) is 5.43. The van der Waals surface area contributed by atoms with E-state index in [2.05, 4.69) is 6.92 Å². The summed E-state index contributed by atoms with van der Waals surface area (Å²) >= 11 is 0. The van der Waals surface area contributed by atoms with Crippen LogP contribution in [0.5, 0.6) is 0 Å². The van der Waals surface area contributed by atoms with Gasteiger partial charge in [-0.1, -0.05) is 20.3 Å². The van der Waals surface area contributed by atoms with Crippen molar-refractivity contribution in [3.63, 3.8) is 0 Å². The molecule has 1 aliphatic rings. The number of β-amino-alcohol motifs (C(OH)–C–C–N with tert-alkyl or cyclic N) is 1. The zero-order chi connectivity index (χ0) is 10.6. The van der Waals surface area contributed by atoms with Gasteiger partial charge in [-0.3, -0.25) is 4.79 Å². The van der Waals surface area contributed by atoms with E-state index < -0.39 is 0 Å². The third-order valence-corrected chi connectivity index (χ3v) is 2.85. The lowest BCUT2D eigenvalue weighted by molar-refractivity contribution is -0.138. The van der Waals surface area contributed by atoms with E-state index in [9.17, 15) is 9.90 Å². The van der Waals surface area contributed by atoms with Crippen molar-refractivity contribution in [3.8, 4) is 0 Å². The van der Waals surface area contributed by atoms with Crippen molar-refractivity contribution >= 4 is 5.91 Å². The fourth-order valence-corrected chi connectivity index (χ4v) is 2.02. The number of hydrogen-bond donors (Lipinski definition) is 1. The summed E-state index contributed by atoms with van der Waals surface area (Å²) in [5.41, 5.74) is 0. The average Bonchev–Trinajstić information content (AvgIpc) is 2.17. The number of aliphatic hydroxyl groups excluding tert-OH is 1. The summed E-state index contributed by atoms with van der Waals surface area (Å²) in [6.07, 6.45) is 3.47. The summed E-state index contributed by atoms with van der Waals surface area (Å²) in [5, 5.41) is 9.45. The quantitative estimate of drug-likeness (QED) is 0.746. The predicted molar refractivity (Wildman–Crippen MR) is 55.9 cm³/mol. The molecule has 3 nitrogen and oxygen atoms in total. The third kappa shape index (κ3) is 2.98. The second kappa shape index (κ2) is 5.35. The molecule has 0 spiro atoms. The molecule has 2 unspecified atom stereocenters. The SMILES string of the molecule is CCCC(C)C(=O)N1CCCC(O)C1. The maximum Gasteiger partial charge on any atom is 0.225 e. The van der Waals surface area contributed by atoms with Crippen molar-refractivity contribution in [2.75, 3.05) is 13.1 Å². The summed E-state index contributed by atoms with van der Waals surface area (Å²) in [4.78, 5) is 13.7. The first-order valence-electron chi connectivity index (χ1n) is 5.62. The van der Waals surface area contributed by atoms with Crippen molar-refractivity contribution in [2.24, 2.45) is 5.92 Å². The minimum absolute atomic E-state index is 0.116. The Bertz CT molecular complexity index is 194. The van der Waals surface area contributed by atoms with Gasteiger partial charge in [0.2, 0.25) is 5.91 Å². The molecular weight excluding hydrogens is 178 g/mol. The number of hydrogen-bond acceptors (Lipinski definition) is 2. The van der Waals surface area contributed by atoms with Gasteiger partial charge in [0, 0.05) is 19.0 Å². The zero-order valence-corrected chi connectivity index (χ0v) is 9.20. The van der Waals surface area contributed by atoms with Gasteiger partial charge >= 0.3 is 0 Å². The third-order valence-electron chi connectivity index (χ3n) is 2.85. The molecule has 0 radical (unpaired) electrons. The van der Waals surface area contributed by atoms with E-state index in [0.29, 0.717) is 6.54 Å². The fourth-order valence-electron chi connectivity index (χ4n) is 2.02. The van der Waals surface area contributed by atoms with E-state index >= 15 is 0 Å². The van der Waals surface area contributed by atoms with E-state index in [-0.39, 0.29) is 17.9 Å². The molecule has 1 fully saturated rings. The van der Waals surface area contributed by atoms with Crippen LogP contribution in [0.3, 0.4) is 0 Å². The molecule has 0 bridgehead atoms. The van der Waals surface area contributed by atoms with Crippen LogP contribution in [0.4, 0.5) is 0 Å². The highest BCUT2D eigenvalue weighted by Crippen LogP contribution is 2.15. The van der Waals surface area contributed by atoms with Gasteiger partial charge in [-0.2, -0.15) is 0 Å². The van der Waals surface area contributed by atoms with E-state index in [0.717, 1.165) is 32.2 Å². The van der Waals surface area contributed by atoms with Crippen molar-refractivity contribution in [3.05, 3.63) is 0 Å². The average molecular weight is 199 g/mol. The summed E-state index contributed by atoms with van der Waals surface area (Å²) in [6, 6.07) is 0. The minimum Gasteiger partial charge on any atom is -0.391 e. The molecule has 1 rings (SSSR count). The first-order chi connectivity index (χ1) is 6.65. The summed E-state index contributed by atoms with van der Waals surface area (Å²) in [5.74, 6) is 0.330. The Labute approximate surface area is 86.1 Å². The van der Waals surface area contributed by atoms with Crippen LogP contribution in [0, 0.1) is 5.92 Å². The fraction of sp³-hybridized carbons (Fsp3) is 0.909. The van der Waals surface area contributed by atoms with Gasteiger partial charge in [-0.25, -0.2) is 0 Å². The molecule has 0 aromatic heterocycles. The molecule has 1 amide bonds. The van der Waals surface area contributed by atoms with Crippen LogP contribution in [-0.4, -0.2) is 35.1 Å². The Morgan fingerprint density at radius 3 is 2.93 bits per heavy atom. The van der Waals surface area contributed by atoms with Crippen LogP contribution < -0.4 is 0 Å². The van der Waals surface area contributed by atoms with Gasteiger partial charge in [-0.05, 0) is 19.3 Å². The molecule has 1 heterocycles. The van der Waals surface area contributed by atoms with Gasteiger partial charge in [-0.15, -0.1) is 0 Å². The van der Waals surface area contributed by atoms with E-state index in [1.54, 1.807) is 0 Å². The van der Waals surface area contributed by atoms with E-state index in [4.69, 9.17) is 0 Å². The number of rotatable bonds is 3. The highest BCUT2D eigenvalue weighted by molar-refractivity contribution is 5.78. The molecule has 2 atom stereocenters. The molecule has 1 aliphatic heterocycles. The Morgan fingerprint density at radius 2 is 2.36 bits per heavy atom. The topological polar surface area (TPSA) is 40.5 Å². The highest BCUT2D eigenvalue weighted by Gasteiger charge is 2.24. The zero-order valence-electron chi connectivity index (χ0n) is 9.20. The van der Waals surface area contributed by atoms with Gasteiger partial charge in [0.25, 0.3) is 0 Å².